The molecule has 0 radical (unpaired) electrons. The third-order valence-corrected chi connectivity index (χ3v) is 11.7. The Morgan fingerprint density at radius 3 is 2.42 bits per heavy atom. The molecule has 0 bridgehead atoms. The minimum Gasteiger partial charge on any atom is -0.456 e. The van der Waals surface area contributed by atoms with Crippen molar-refractivity contribution in [1.82, 2.24) is 0 Å². The predicted molar refractivity (Wildman–Crippen MR) is 142 cm³/mol. The number of rotatable bonds is 5. The van der Waals surface area contributed by atoms with Crippen molar-refractivity contribution in [2.45, 2.75) is 97.1 Å². The summed E-state index contributed by atoms with van der Waals surface area (Å²) in [6.07, 6.45) is 2.95. The van der Waals surface area contributed by atoms with Gasteiger partial charge in [-0.15, -0.1) is 0 Å². The van der Waals surface area contributed by atoms with Gasteiger partial charge in [-0.3, -0.25) is 19.2 Å². The van der Waals surface area contributed by atoms with Gasteiger partial charge in [-0.05, 0) is 62.0 Å². The first-order valence-electron chi connectivity index (χ1n) is 14.2. The van der Waals surface area contributed by atoms with E-state index in [0.29, 0.717) is 6.42 Å². The second-order valence-electron chi connectivity index (χ2n) is 14.4. The molecule has 0 heterocycles. The molecule has 5 aliphatic rings. The number of Topliss-reactive ketones (excluding diaryl/α,β-unsaturated/α-hetero) is 2. The monoisotopic (exact) mass is 558 g/mol. The van der Waals surface area contributed by atoms with Gasteiger partial charge in [0.25, 0.3) is 0 Å². The lowest BCUT2D eigenvalue weighted by Crippen LogP contribution is -2.74. The van der Waals surface area contributed by atoms with Crippen LogP contribution in [0.3, 0.4) is 0 Å². The molecule has 40 heavy (non-hydrogen) atoms. The van der Waals surface area contributed by atoms with E-state index in [0.717, 1.165) is 5.57 Å². The Balaban J connectivity index is 1.53. The molecule has 9 nitrogen and oxygen atoms in total. The smallest absolute Gasteiger partial charge is 0.303 e. The predicted octanol–water partition coefficient (Wildman–Crippen LogP) is 1.84. The Labute approximate surface area is 234 Å². The van der Waals surface area contributed by atoms with Crippen molar-refractivity contribution in [1.29, 1.82) is 0 Å². The zero-order valence-electron chi connectivity index (χ0n) is 24.2. The third kappa shape index (κ3) is 3.47. The molecule has 0 amide bonds. The lowest BCUT2D eigenvalue weighted by atomic mass is 9.33. The van der Waals surface area contributed by atoms with Crippen molar-refractivity contribution < 1.29 is 44.3 Å². The first kappa shape index (κ1) is 29.3. The second kappa shape index (κ2) is 8.66. The van der Waals surface area contributed by atoms with E-state index in [4.69, 9.17) is 4.74 Å². The summed E-state index contributed by atoms with van der Waals surface area (Å²) in [5, 5.41) is 44.7. The minimum absolute atomic E-state index is 0.0104. The fraction of sp³-hybridized carbons (Fsp3) is 0.742. The van der Waals surface area contributed by atoms with Crippen LogP contribution < -0.4 is 0 Å². The van der Waals surface area contributed by atoms with Crippen LogP contribution in [0, 0.1) is 39.4 Å². The maximum Gasteiger partial charge on any atom is 0.303 e. The lowest BCUT2D eigenvalue weighted by Gasteiger charge is -2.70. The van der Waals surface area contributed by atoms with Crippen LogP contribution in [-0.4, -0.2) is 73.8 Å². The number of carbonyl (C=O) groups is 4. The third-order valence-electron chi connectivity index (χ3n) is 11.7. The van der Waals surface area contributed by atoms with Crippen molar-refractivity contribution in [3.63, 3.8) is 0 Å². The number of allylic oxidation sites excluding steroid dienone is 1. The summed E-state index contributed by atoms with van der Waals surface area (Å²) in [6.45, 7) is 9.60. The molecule has 4 N–H and O–H groups in total. The van der Waals surface area contributed by atoms with Gasteiger partial charge in [0, 0.05) is 37.0 Å². The first-order valence-corrected chi connectivity index (χ1v) is 14.2. The molecular formula is C31H42O9. The molecule has 1 spiro atoms. The molecule has 4 saturated carbocycles. The molecule has 5 aliphatic carbocycles. The number of hydrogen-bond donors (Lipinski definition) is 4. The molecular weight excluding hydrogens is 516 g/mol. The van der Waals surface area contributed by atoms with E-state index < -0.39 is 81.2 Å². The Bertz CT molecular complexity index is 1250. The summed E-state index contributed by atoms with van der Waals surface area (Å²) in [4.78, 5) is 52.0. The van der Waals surface area contributed by atoms with Crippen LogP contribution in [0.15, 0.2) is 23.8 Å². The van der Waals surface area contributed by atoms with Gasteiger partial charge in [-0.25, -0.2) is 0 Å². The fourth-order valence-electron chi connectivity index (χ4n) is 9.93. The van der Waals surface area contributed by atoms with Crippen molar-refractivity contribution in [2.24, 2.45) is 39.4 Å². The number of hydrogen-bond acceptors (Lipinski definition) is 9. The number of ether oxygens (including phenoxy) is 1. The van der Waals surface area contributed by atoms with Crippen LogP contribution in [-0.2, 0) is 23.9 Å². The first-order chi connectivity index (χ1) is 18.3. The van der Waals surface area contributed by atoms with Gasteiger partial charge in [0.05, 0.1) is 18.1 Å². The van der Waals surface area contributed by atoms with Gasteiger partial charge in [0.1, 0.15) is 23.1 Å². The number of esters is 1. The average molecular weight is 559 g/mol. The number of fused-ring (bicyclic) bond motifs is 4. The summed E-state index contributed by atoms with van der Waals surface area (Å²) >= 11 is 0. The van der Waals surface area contributed by atoms with E-state index in [-0.39, 0.29) is 37.2 Å². The molecule has 5 rings (SSSR count). The minimum atomic E-state index is -1.89. The molecule has 0 aliphatic heterocycles. The van der Waals surface area contributed by atoms with E-state index in [1.165, 1.54) is 19.1 Å². The zero-order valence-corrected chi connectivity index (χ0v) is 24.2. The Morgan fingerprint density at radius 1 is 1.18 bits per heavy atom. The summed E-state index contributed by atoms with van der Waals surface area (Å²) in [5.74, 6) is -3.55. The van der Waals surface area contributed by atoms with Gasteiger partial charge in [0.2, 0.25) is 0 Å². The van der Waals surface area contributed by atoms with Gasteiger partial charge in [0.15, 0.2) is 11.6 Å². The highest BCUT2D eigenvalue weighted by atomic mass is 16.6. The summed E-state index contributed by atoms with van der Waals surface area (Å²) in [7, 11) is 0. The van der Waals surface area contributed by atoms with Gasteiger partial charge in [-0.2, -0.15) is 0 Å². The number of ketones is 3. The summed E-state index contributed by atoms with van der Waals surface area (Å²) in [5.41, 5.74) is -5.83. The highest BCUT2D eigenvalue weighted by Crippen LogP contribution is 2.80. The molecule has 0 aromatic heterocycles. The van der Waals surface area contributed by atoms with Crippen LogP contribution in [0.2, 0.25) is 0 Å². The average Bonchev–Trinajstić information content (AvgIpc) is 3.01. The van der Waals surface area contributed by atoms with E-state index in [2.05, 4.69) is 0 Å². The van der Waals surface area contributed by atoms with Crippen LogP contribution in [0.1, 0.15) is 73.6 Å². The molecule has 9 heteroatoms. The van der Waals surface area contributed by atoms with Gasteiger partial charge < -0.3 is 25.2 Å². The Hall–Kier alpha value is -2.20. The highest BCUT2D eigenvalue weighted by molar-refractivity contribution is 6.00. The maximum absolute atomic E-state index is 14.3. The number of aliphatic hydroxyl groups is 4. The largest absolute Gasteiger partial charge is 0.456 e. The van der Waals surface area contributed by atoms with E-state index in [9.17, 15) is 39.6 Å². The van der Waals surface area contributed by atoms with Gasteiger partial charge in [-0.1, -0.05) is 32.4 Å². The molecule has 0 aromatic carbocycles. The van der Waals surface area contributed by atoms with Crippen molar-refractivity contribution in [2.75, 3.05) is 6.61 Å². The fourth-order valence-corrected chi connectivity index (χ4v) is 9.93. The Morgan fingerprint density at radius 2 is 1.82 bits per heavy atom. The molecule has 4 fully saturated rings. The summed E-state index contributed by atoms with van der Waals surface area (Å²) in [6, 6.07) is 0. The van der Waals surface area contributed by atoms with Gasteiger partial charge >= 0.3 is 5.97 Å². The standard InChI is InChI=1S/C31H42O9/c1-16(33)40-26(2,3)10-9-22(36)31(39)14-29-13-23(37)30(15-32)18-11-19(34)25(38)27(4,5)17(18)7-8-21(30)28(29,6)12-20(35)24(29)31/h7,9-10,18,20-21,24-25,32,35,38-39H,8,11-15H2,1-6H3/b10-9+/t18-,20-,21+,24+,25-,28+,29+,30+,31+/m1/s1. The van der Waals surface area contributed by atoms with Crippen LogP contribution in [0.25, 0.3) is 0 Å². The molecule has 0 unspecified atom stereocenters. The van der Waals surface area contributed by atoms with Crippen LogP contribution in [0.4, 0.5) is 0 Å². The summed E-state index contributed by atoms with van der Waals surface area (Å²) < 4.78 is 5.21. The quantitative estimate of drug-likeness (QED) is 0.224. The number of carbonyl (C=O) groups excluding carboxylic acids is 4. The highest BCUT2D eigenvalue weighted by Gasteiger charge is 2.83. The van der Waals surface area contributed by atoms with Crippen LogP contribution >= 0.6 is 0 Å². The van der Waals surface area contributed by atoms with E-state index >= 15 is 0 Å². The molecule has 0 saturated heterocycles. The van der Waals surface area contributed by atoms with Crippen molar-refractivity contribution in [3.8, 4) is 0 Å². The Kier molecular flexibility index (Phi) is 6.34. The van der Waals surface area contributed by atoms with Crippen molar-refractivity contribution >= 4 is 23.3 Å². The normalized spacial score (nSPS) is 45.5. The topological polar surface area (TPSA) is 158 Å². The van der Waals surface area contributed by atoms with Crippen molar-refractivity contribution in [3.05, 3.63) is 23.8 Å². The van der Waals surface area contributed by atoms with E-state index in [1.54, 1.807) is 27.7 Å². The second-order valence-corrected chi connectivity index (χ2v) is 14.4. The SMILES string of the molecule is CC(=O)OC(C)(C)/C=C/C(=O)[C@@]1(O)C[C@]23CC(=O)[C@@]4(CO)[C@@H]5CC(=O)[C@@H](O)C(C)(C)C5=CC[C@H]4[C@]2(C)C[C@@H](O)[C@@H]31. The van der Waals surface area contributed by atoms with Crippen LogP contribution in [0.5, 0.6) is 0 Å². The number of aliphatic hydroxyl groups excluding tert-OH is 3. The molecule has 0 aromatic rings. The maximum atomic E-state index is 14.3. The van der Waals surface area contributed by atoms with E-state index in [1.807, 2.05) is 13.0 Å². The lowest BCUT2D eigenvalue weighted by molar-refractivity contribution is -0.253. The molecule has 220 valence electrons. The zero-order chi connectivity index (χ0) is 29.8. The molecule has 9 atom stereocenters.